The molecule has 0 bridgehead atoms. The van der Waals surface area contributed by atoms with Gasteiger partial charge in [-0.05, 0) is 44.2 Å². The first-order chi connectivity index (χ1) is 12.6. The van der Waals surface area contributed by atoms with E-state index in [1.807, 2.05) is 22.0 Å². The normalized spacial score (nSPS) is 23.1. The number of aryl methyl sites for hydroxylation is 1. The zero-order valence-corrected chi connectivity index (χ0v) is 15.6. The molecule has 5 heteroatoms. The molecule has 1 fully saturated rings. The first kappa shape index (κ1) is 17.3. The Morgan fingerprint density at radius 3 is 2.85 bits per heavy atom. The molecule has 0 radical (unpaired) electrons. The number of nitrogens with zero attached hydrogens (tertiary/aromatic N) is 3. The number of ether oxygens (including phenoxy) is 1. The third kappa shape index (κ3) is 3.28. The van der Waals surface area contributed by atoms with E-state index in [1.54, 1.807) is 0 Å². The zero-order chi connectivity index (χ0) is 18.1. The van der Waals surface area contributed by atoms with E-state index < -0.39 is 0 Å². The first-order valence-corrected chi connectivity index (χ1v) is 9.64. The van der Waals surface area contributed by atoms with Crippen molar-refractivity contribution in [1.29, 1.82) is 0 Å². The Bertz CT molecular complexity index is 783. The molecule has 1 aromatic carbocycles. The highest BCUT2D eigenvalue weighted by Gasteiger charge is 2.38. The minimum Gasteiger partial charge on any atom is -0.373 e. The summed E-state index contributed by atoms with van der Waals surface area (Å²) in [5, 5.41) is 4.42. The summed E-state index contributed by atoms with van der Waals surface area (Å²) >= 11 is 0. The molecular weight excluding hydrogens is 326 g/mol. The predicted octanol–water partition coefficient (Wildman–Crippen LogP) is 3.52. The largest absolute Gasteiger partial charge is 0.373 e. The number of hydrogen-bond acceptors (Lipinski definition) is 3. The van der Waals surface area contributed by atoms with Gasteiger partial charge < -0.3 is 9.64 Å². The van der Waals surface area contributed by atoms with Gasteiger partial charge in [-0.15, -0.1) is 0 Å². The molecule has 3 heterocycles. The summed E-state index contributed by atoms with van der Waals surface area (Å²) in [6, 6.07) is 8.79. The van der Waals surface area contributed by atoms with Crippen LogP contribution in [0.4, 0.5) is 0 Å². The fourth-order valence-corrected chi connectivity index (χ4v) is 4.08. The molecule has 5 nitrogen and oxygen atoms in total. The maximum absolute atomic E-state index is 13.3. The monoisotopic (exact) mass is 353 g/mol. The van der Waals surface area contributed by atoms with E-state index in [1.165, 1.54) is 11.1 Å². The van der Waals surface area contributed by atoms with Crippen LogP contribution in [0.25, 0.3) is 0 Å². The van der Waals surface area contributed by atoms with Gasteiger partial charge in [0.1, 0.15) is 0 Å². The van der Waals surface area contributed by atoms with Crippen molar-refractivity contribution < 1.29 is 9.53 Å². The maximum Gasteiger partial charge on any atom is 0.229 e. The van der Waals surface area contributed by atoms with Crippen LogP contribution in [0.1, 0.15) is 55.5 Å². The quantitative estimate of drug-likeness (QED) is 0.848. The lowest BCUT2D eigenvalue weighted by Gasteiger charge is -2.26. The molecule has 2 atom stereocenters. The number of amides is 1. The molecule has 26 heavy (non-hydrogen) atoms. The van der Waals surface area contributed by atoms with Crippen LogP contribution in [0.15, 0.2) is 36.7 Å². The number of fused-ring (bicyclic) bond motifs is 1. The molecule has 1 aromatic heterocycles. The van der Waals surface area contributed by atoms with E-state index in [2.05, 4.69) is 43.2 Å². The molecule has 0 spiro atoms. The van der Waals surface area contributed by atoms with Crippen molar-refractivity contribution in [3.63, 3.8) is 0 Å². The van der Waals surface area contributed by atoms with Gasteiger partial charge in [0.05, 0.1) is 18.2 Å². The number of carbonyl (C=O) groups is 1. The maximum atomic E-state index is 13.3. The van der Waals surface area contributed by atoms with Crippen LogP contribution in [-0.4, -0.2) is 33.7 Å². The fourth-order valence-electron chi connectivity index (χ4n) is 4.08. The molecule has 2 aliphatic rings. The summed E-state index contributed by atoms with van der Waals surface area (Å²) in [5.74, 6) is 0.117. The Balaban J connectivity index is 1.53. The van der Waals surface area contributed by atoms with Crippen molar-refractivity contribution in [3.05, 3.63) is 53.3 Å². The van der Waals surface area contributed by atoms with Gasteiger partial charge in [-0.25, -0.2) is 0 Å². The Labute approximate surface area is 154 Å². The number of aromatic nitrogens is 2. The molecule has 0 unspecified atom stereocenters. The van der Waals surface area contributed by atoms with E-state index >= 15 is 0 Å². The number of carbonyl (C=O) groups excluding carboxylic acids is 1. The number of hydrogen-bond donors (Lipinski definition) is 0. The second-order valence-corrected chi connectivity index (χ2v) is 7.67. The van der Waals surface area contributed by atoms with Gasteiger partial charge in [-0.1, -0.05) is 24.3 Å². The molecule has 4 rings (SSSR count). The molecular formula is C21H27N3O2. The number of benzene rings is 1. The average molecular weight is 353 g/mol. The lowest BCUT2D eigenvalue weighted by atomic mass is 9.95. The molecule has 0 aliphatic carbocycles. The van der Waals surface area contributed by atoms with Crippen molar-refractivity contribution in [2.75, 3.05) is 13.2 Å². The van der Waals surface area contributed by atoms with Crippen molar-refractivity contribution in [2.45, 2.75) is 51.8 Å². The van der Waals surface area contributed by atoms with Crippen LogP contribution in [0.5, 0.6) is 0 Å². The lowest BCUT2D eigenvalue weighted by Crippen LogP contribution is -2.37. The highest BCUT2D eigenvalue weighted by Crippen LogP contribution is 2.36. The molecule has 0 N–H and O–H groups in total. The smallest absolute Gasteiger partial charge is 0.229 e. The van der Waals surface area contributed by atoms with Gasteiger partial charge in [0.2, 0.25) is 5.91 Å². The van der Waals surface area contributed by atoms with Crippen LogP contribution in [0.2, 0.25) is 0 Å². The molecule has 1 saturated heterocycles. The van der Waals surface area contributed by atoms with Crippen molar-refractivity contribution in [3.8, 4) is 0 Å². The van der Waals surface area contributed by atoms with Crippen molar-refractivity contribution in [2.24, 2.45) is 5.92 Å². The van der Waals surface area contributed by atoms with Gasteiger partial charge >= 0.3 is 0 Å². The SMILES string of the molecule is CC(C)n1cc([C@@H]2OCC[C@H]2C(=O)N2CCCc3ccccc3C2)cn1. The molecule has 0 saturated carbocycles. The van der Waals surface area contributed by atoms with E-state index in [4.69, 9.17) is 4.74 Å². The van der Waals surface area contributed by atoms with Crippen molar-refractivity contribution >= 4 is 5.91 Å². The Morgan fingerprint density at radius 1 is 1.27 bits per heavy atom. The topological polar surface area (TPSA) is 47.4 Å². The van der Waals surface area contributed by atoms with E-state index in [0.29, 0.717) is 19.2 Å². The number of rotatable bonds is 3. The van der Waals surface area contributed by atoms with Crippen LogP contribution in [0, 0.1) is 5.92 Å². The van der Waals surface area contributed by atoms with Crippen LogP contribution < -0.4 is 0 Å². The van der Waals surface area contributed by atoms with E-state index in [-0.39, 0.29) is 17.9 Å². The highest BCUT2D eigenvalue weighted by atomic mass is 16.5. The van der Waals surface area contributed by atoms with Crippen LogP contribution in [-0.2, 0) is 22.5 Å². The Kier molecular flexibility index (Phi) is 4.81. The van der Waals surface area contributed by atoms with E-state index in [0.717, 1.165) is 31.4 Å². The standard InChI is InChI=1S/C21H27N3O2/c1-15(2)24-14-18(12-22-24)20-19(9-11-26-20)21(25)23-10-5-8-16-6-3-4-7-17(16)13-23/h3-4,6-7,12,14-15,19-20H,5,8-11,13H2,1-2H3/t19-,20+/m1/s1. The summed E-state index contributed by atoms with van der Waals surface area (Å²) < 4.78 is 7.89. The molecule has 2 aliphatic heterocycles. The summed E-state index contributed by atoms with van der Waals surface area (Å²) in [6.45, 7) is 6.37. The second-order valence-electron chi connectivity index (χ2n) is 7.67. The first-order valence-electron chi connectivity index (χ1n) is 9.64. The van der Waals surface area contributed by atoms with Gasteiger partial charge in [0.15, 0.2) is 0 Å². The van der Waals surface area contributed by atoms with E-state index in [9.17, 15) is 4.79 Å². The van der Waals surface area contributed by atoms with Gasteiger partial charge in [-0.3, -0.25) is 9.48 Å². The predicted molar refractivity (Wildman–Crippen MR) is 99.6 cm³/mol. The fraction of sp³-hybridized carbons (Fsp3) is 0.524. The molecule has 1 amide bonds. The molecule has 138 valence electrons. The minimum atomic E-state index is -0.173. The molecule has 2 aromatic rings. The Hall–Kier alpha value is -2.14. The Morgan fingerprint density at radius 2 is 2.08 bits per heavy atom. The van der Waals surface area contributed by atoms with Gasteiger partial charge in [0.25, 0.3) is 0 Å². The van der Waals surface area contributed by atoms with Gasteiger partial charge in [-0.2, -0.15) is 5.10 Å². The minimum absolute atomic E-state index is 0.106. The highest BCUT2D eigenvalue weighted by molar-refractivity contribution is 5.80. The van der Waals surface area contributed by atoms with Crippen LogP contribution in [0.3, 0.4) is 0 Å². The van der Waals surface area contributed by atoms with Crippen molar-refractivity contribution in [1.82, 2.24) is 14.7 Å². The second kappa shape index (κ2) is 7.23. The van der Waals surface area contributed by atoms with Gasteiger partial charge in [0, 0.05) is 37.5 Å². The third-order valence-electron chi connectivity index (χ3n) is 5.55. The lowest BCUT2D eigenvalue weighted by molar-refractivity contribution is -0.138. The summed E-state index contributed by atoms with van der Waals surface area (Å²) in [4.78, 5) is 15.3. The third-order valence-corrected chi connectivity index (χ3v) is 5.55. The summed E-state index contributed by atoms with van der Waals surface area (Å²) in [7, 11) is 0. The summed E-state index contributed by atoms with van der Waals surface area (Å²) in [6.07, 6.45) is 6.56. The zero-order valence-electron chi connectivity index (χ0n) is 15.6. The summed E-state index contributed by atoms with van der Waals surface area (Å²) in [5.41, 5.74) is 3.67. The average Bonchev–Trinajstić information content (AvgIpc) is 3.25. The van der Waals surface area contributed by atoms with Crippen LogP contribution >= 0.6 is 0 Å².